The van der Waals surface area contributed by atoms with Crippen LogP contribution in [0.4, 0.5) is 0 Å². The molecule has 1 N–H and O–H groups in total. The van der Waals surface area contributed by atoms with Crippen molar-refractivity contribution < 1.29 is 0 Å². The van der Waals surface area contributed by atoms with Gasteiger partial charge in [-0.2, -0.15) is 0 Å². The minimum atomic E-state index is 0.502. The van der Waals surface area contributed by atoms with E-state index < -0.39 is 0 Å². The fourth-order valence-corrected chi connectivity index (χ4v) is 3.90. The van der Waals surface area contributed by atoms with Crippen LogP contribution in [0.1, 0.15) is 63.8 Å². The van der Waals surface area contributed by atoms with Crippen LogP contribution in [0.5, 0.6) is 0 Å². The number of nitrogens with zero attached hydrogens (tertiary/aromatic N) is 1. The molecule has 0 saturated heterocycles. The minimum absolute atomic E-state index is 0.502. The predicted molar refractivity (Wildman–Crippen MR) is 85.7 cm³/mol. The largest absolute Gasteiger partial charge is 0.310 e. The molecule has 0 amide bonds. The summed E-state index contributed by atoms with van der Waals surface area (Å²) in [7, 11) is 0. The van der Waals surface area contributed by atoms with Gasteiger partial charge in [-0.15, -0.1) is 0 Å². The van der Waals surface area contributed by atoms with E-state index in [1.54, 1.807) is 0 Å². The van der Waals surface area contributed by atoms with Gasteiger partial charge in [0, 0.05) is 17.9 Å². The highest BCUT2D eigenvalue weighted by molar-refractivity contribution is 5.20. The van der Waals surface area contributed by atoms with Gasteiger partial charge in [0.2, 0.25) is 0 Å². The molecule has 2 rings (SSSR count). The summed E-state index contributed by atoms with van der Waals surface area (Å²) >= 11 is 0. The Kier molecular flexibility index (Phi) is 5.59. The van der Waals surface area contributed by atoms with Crippen LogP contribution >= 0.6 is 0 Å². The molecule has 3 unspecified atom stereocenters. The van der Waals surface area contributed by atoms with Crippen molar-refractivity contribution in [3.8, 4) is 0 Å². The van der Waals surface area contributed by atoms with Crippen molar-refractivity contribution in [3.63, 3.8) is 0 Å². The van der Waals surface area contributed by atoms with Crippen molar-refractivity contribution in [2.75, 3.05) is 6.54 Å². The molecule has 0 aliphatic heterocycles. The Morgan fingerprint density at radius 3 is 2.55 bits per heavy atom. The Bertz CT molecular complexity index is 406. The zero-order valence-corrected chi connectivity index (χ0v) is 13.5. The summed E-state index contributed by atoms with van der Waals surface area (Å²) in [6, 6.07) is 4.96. The third-order valence-electron chi connectivity index (χ3n) is 4.58. The second-order valence-electron chi connectivity index (χ2n) is 6.84. The number of nitrogens with one attached hydrogen (secondary N) is 1. The monoisotopic (exact) mass is 274 g/mol. The lowest BCUT2D eigenvalue weighted by atomic mass is 9.72. The average molecular weight is 274 g/mol. The summed E-state index contributed by atoms with van der Waals surface area (Å²) in [4.78, 5) is 4.35. The summed E-state index contributed by atoms with van der Waals surface area (Å²) < 4.78 is 0. The Balaban J connectivity index is 2.18. The van der Waals surface area contributed by atoms with Crippen molar-refractivity contribution >= 4 is 0 Å². The molecule has 2 nitrogen and oxygen atoms in total. The van der Waals surface area contributed by atoms with E-state index in [0.29, 0.717) is 6.04 Å². The molecule has 1 aliphatic carbocycles. The molecule has 1 fully saturated rings. The second-order valence-corrected chi connectivity index (χ2v) is 6.84. The van der Waals surface area contributed by atoms with Gasteiger partial charge in [-0.3, -0.25) is 4.98 Å². The zero-order valence-electron chi connectivity index (χ0n) is 13.5. The molecule has 1 heterocycles. The minimum Gasteiger partial charge on any atom is -0.310 e. The van der Waals surface area contributed by atoms with Crippen molar-refractivity contribution in [2.24, 2.45) is 17.8 Å². The molecule has 1 aromatic heterocycles. The number of aromatic nitrogens is 1. The number of rotatable bonds is 5. The van der Waals surface area contributed by atoms with E-state index in [9.17, 15) is 0 Å². The Morgan fingerprint density at radius 1 is 1.25 bits per heavy atom. The van der Waals surface area contributed by atoms with Crippen LogP contribution in [0.2, 0.25) is 0 Å². The molecule has 0 radical (unpaired) electrons. The van der Waals surface area contributed by atoms with Gasteiger partial charge >= 0.3 is 0 Å². The van der Waals surface area contributed by atoms with Crippen molar-refractivity contribution in [1.82, 2.24) is 10.3 Å². The molecule has 1 aliphatic rings. The average Bonchev–Trinajstić information content (AvgIpc) is 2.38. The van der Waals surface area contributed by atoms with Gasteiger partial charge in [0.15, 0.2) is 0 Å². The molecule has 0 spiro atoms. The SMILES string of the molecule is CCCNC(c1ccnc(C)c1)C1CC(C)CC(C)C1. The van der Waals surface area contributed by atoms with Crippen LogP contribution in [-0.4, -0.2) is 11.5 Å². The summed E-state index contributed by atoms with van der Waals surface area (Å²) in [6.07, 6.45) is 7.26. The summed E-state index contributed by atoms with van der Waals surface area (Å²) in [5.41, 5.74) is 2.56. The molecular formula is C18H30N2. The van der Waals surface area contributed by atoms with E-state index in [1.165, 1.54) is 31.2 Å². The molecule has 0 bridgehead atoms. The standard InChI is InChI=1S/C18H30N2/c1-5-7-20-18(16-6-8-19-15(4)12-16)17-10-13(2)9-14(3)11-17/h6,8,12-14,17-18,20H,5,7,9-11H2,1-4H3. The highest BCUT2D eigenvalue weighted by Crippen LogP contribution is 2.39. The lowest BCUT2D eigenvalue weighted by Crippen LogP contribution is -2.33. The molecular weight excluding hydrogens is 244 g/mol. The molecule has 112 valence electrons. The number of hydrogen-bond donors (Lipinski definition) is 1. The van der Waals surface area contributed by atoms with Gasteiger partial charge in [-0.1, -0.05) is 20.8 Å². The second kappa shape index (κ2) is 7.21. The van der Waals surface area contributed by atoms with Gasteiger partial charge in [0.05, 0.1) is 0 Å². The first-order valence-corrected chi connectivity index (χ1v) is 8.26. The van der Waals surface area contributed by atoms with E-state index in [4.69, 9.17) is 0 Å². The lowest BCUT2D eigenvalue weighted by molar-refractivity contribution is 0.176. The van der Waals surface area contributed by atoms with Crippen LogP contribution < -0.4 is 5.32 Å². The van der Waals surface area contributed by atoms with Crippen molar-refractivity contribution in [3.05, 3.63) is 29.6 Å². The van der Waals surface area contributed by atoms with Gasteiger partial charge in [-0.25, -0.2) is 0 Å². The Labute approximate surface area is 124 Å². The number of pyridine rings is 1. The van der Waals surface area contributed by atoms with Crippen LogP contribution in [-0.2, 0) is 0 Å². The van der Waals surface area contributed by atoms with Gasteiger partial charge in [0.25, 0.3) is 0 Å². The van der Waals surface area contributed by atoms with Crippen LogP contribution in [0.3, 0.4) is 0 Å². The first-order valence-electron chi connectivity index (χ1n) is 8.26. The number of hydrogen-bond acceptors (Lipinski definition) is 2. The molecule has 1 saturated carbocycles. The number of aryl methyl sites for hydroxylation is 1. The first-order chi connectivity index (χ1) is 9.60. The maximum Gasteiger partial charge on any atom is 0.0375 e. The highest BCUT2D eigenvalue weighted by Gasteiger charge is 2.30. The maximum atomic E-state index is 4.35. The van der Waals surface area contributed by atoms with Crippen molar-refractivity contribution in [1.29, 1.82) is 0 Å². The third-order valence-corrected chi connectivity index (χ3v) is 4.58. The molecule has 3 atom stereocenters. The smallest absolute Gasteiger partial charge is 0.0375 e. The van der Waals surface area contributed by atoms with E-state index in [-0.39, 0.29) is 0 Å². The van der Waals surface area contributed by atoms with Crippen molar-refractivity contribution in [2.45, 2.75) is 59.4 Å². The lowest BCUT2D eigenvalue weighted by Gasteiger charge is -2.37. The quantitative estimate of drug-likeness (QED) is 0.855. The fraction of sp³-hybridized carbons (Fsp3) is 0.722. The topological polar surface area (TPSA) is 24.9 Å². The van der Waals surface area contributed by atoms with Gasteiger partial charge in [-0.05, 0) is 74.6 Å². The predicted octanol–water partition coefficient (Wildman–Crippen LogP) is 4.50. The summed E-state index contributed by atoms with van der Waals surface area (Å²) in [5.74, 6) is 2.48. The summed E-state index contributed by atoms with van der Waals surface area (Å²) in [5, 5.41) is 3.80. The first kappa shape index (κ1) is 15.5. The van der Waals surface area contributed by atoms with E-state index in [0.717, 1.165) is 30.0 Å². The van der Waals surface area contributed by atoms with E-state index >= 15 is 0 Å². The maximum absolute atomic E-state index is 4.35. The van der Waals surface area contributed by atoms with Crippen LogP contribution in [0, 0.1) is 24.7 Å². The molecule has 0 aromatic carbocycles. The molecule has 20 heavy (non-hydrogen) atoms. The van der Waals surface area contributed by atoms with E-state index in [2.05, 4.69) is 50.1 Å². The summed E-state index contributed by atoms with van der Waals surface area (Å²) in [6.45, 7) is 10.3. The zero-order chi connectivity index (χ0) is 14.5. The third kappa shape index (κ3) is 4.05. The molecule has 2 heteroatoms. The highest BCUT2D eigenvalue weighted by atomic mass is 14.9. The van der Waals surface area contributed by atoms with Gasteiger partial charge in [0.1, 0.15) is 0 Å². The Morgan fingerprint density at radius 2 is 1.95 bits per heavy atom. The van der Waals surface area contributed by atoms with Crippen LogP contribution in [0.15, 0.2) is 18.3 Å². The Hall–Kier alpha value is -0.890. The van der Waals surface area contributed by atoms with Gasteiger partial charge < -0.3 is 5.32 Å². The normalized spacial score (nSPS) is 28.3. The van der Waals surface area contributed by atoms with Crippen LogP contribution in [0.25, 0.3) is 0 Å². The molecule has 1 aromatic rings. The van der Waals surface area contributed by atoms with E-state index in [1.807, 2.05) is 6.20 Å². The fourth-order valence-electron chi connectivity index (χ4n) is 3.90.